The van der Waals surface area contributed by atoms with Gasteiger partial charge in [-0.1, -0.05) is 12.1 Å². The first-order chi connectivity index (χ1) is 6.98. The Hall–Kier alpha value is -1.59. The van der Waals surface area contributed by atoms with E-state index in [9.17, 15) is 8.42 Å². The number of nitrogen functional groups attached to an aromatic ring is 1. The fraction of sp³-hybridized carbons (Fsp3) is 0. The van der Waals surface area contributed by atoms with E-state index in [0.29, 0.717) is 16.5 Å². The van der Waals surface area contributed by atoms with Crippen LogP contribution in [0.4, 0.5) is 5.69 Å². The molecule has 0 saturated heterocycles. The van der Waals surface area contributed by atoms with E-state index < -0.39 is 10.1 Å². The lowest BCUT2D eigenvalue weighted by atomic mass is 10.1. The molecule has 0 bridgehead atoms. The van der Waals surface area contributed by atoms with Crippen LogP contribution in [0.25, 0.3) is 10.8 Å². The SMILES string of the molecule is Nc1cc[c]c2ccc(S(=O)(=O)O)cc12. The van der Waals surface area contributed by atoms with Gasteiger partial charge in [0.05, 0.1) is 4.90 Å². The predicted octanol–water partition coefficient (Wildman–Crippen LogP) is 1.47. The van der Waals surface area contributed by atoms with E-state index in [0.717, 1.165) is 0 Å². The second-order valence-corrected chi connectivity index (χ2v) is 4.54. The van der Waals surface area contributed by atoms with Crippen molar-refractivity contribution in [1.29, 1.82) is 0 Å². The molecular formula is C10H8NO3S. The van der Waals surface area contributed by atoms with Crippen LogP contribution in [-0.2, 0) is 10.1 Å². The third-order valence-corrected chi connectivity index (χ3v) is 2.95. The van der Waals surface area contributed by atoms with Gasteiger partial charge in [0.15, 0.2) is 0 Å². The van der Waals surface area contributed by atoms with Crippen LogP contribution in [0.15, 0.2) is 35.2 Å². The van der Waals surface area contributed by atoms with Crippen molar-refractivity contribution < 1.29 is 13.0 Å². The van der Waals surface area contributed by atoms with Crippen LogP contribution in [-0.4, -0.2) is 13.0 Å². The zero-order valence-corrected chi connectivity index (χ0v) is 8.45. The number of fused-ring (bicyclic) bond motifs is 1. The van der Waals surface area contributed by atoms with Gasteiger partial charge in [-0.15, -0.1) is 0 Å². The van der Waals surface area contributed by atoms with Crippen LogP contribution >= 0.6 is 0 Å². The Bertz CT molecular complexity index is 620. The summed E-state index contributed by atoms with van der Waals surface area (Å²) in [5.74, 6) is 0. The largest absolute Gasteiger partial charge is 0.398 e. The molecule has 1 radical (unpaired) electrons. The minimum Gasteiger partial charge on any atom is -0.398 e. The second kappa shape index (κ2) is 3.22. The summed E-state index contributed by atoms with van der Waals surface area (Å²) in [5, 5.41) is 1.27. The Morgan fingerprint density at radius 2 is 2.00 bits per heavy atom. The number of nitrogens with two attached hydrogens (primary N) is 1. The van der Waals surface area contributed by atoms with Crippen molar-refractivity contribution in [2.75, 3.05) is 5.73 Å². The number of benzene rings is 2. The summed E-state index contributed by atoms with van der Waals surface area (Å²) in [5.41, 5.74) is 6.12. The Kier molecular flexibility index (Phi) is 2.13. The van der Waals surface area contributed by atoms with Crippen molar-refractivity contribution in [3.8, 4) is 0 Å². The van der Waals surface area contributed by atoms with Crippen LogP contribution < -0.4 is 5.73 Å². The molecule has 0 aliphatic rings. The molecule has 77 valence electrons. The van der Waals surface area contributed by atoms with Gasteiger partial charge in [0.1, 0.15) is 0 Å². The number of hydrogen-bond acceptors (Lipinski definition) is 3. The van der Waals surface area contributed by atoms with E-state index in [2.05, 4.69) is 6.07 Å². The second-order valence-electron chi connectivity index (χ2n) is 3.12. The maximum Gasteiger partial charge on any atom is 0.294 e. The zero-order valence-electron chi connectivity index (χ0n) is 7.64. The van der Waals surface area contributed by atoms with Gasteiger partial charge in [0, 0.05) is 11.1 Å². The molecule has 15 heavy (non-hydrogen) atoms. The molecule has 3 N–H and O–H groups in total. The van der Waals surface area contributed by atoms with Gasteiger partial charge in [-0.2, -0.15) is 8.42 Å². The van der Waals surface area contributed by atoms with Gasteiger partial charge in [-0.3, -0.25) is 4.55 Å². The monoisotopic (exact) mass is 222 g/mol. The van der Waals surface area contributed by atoms with Gasteiger partial charge in [-0.25, -0.2) is 0 Å². The lowest BCUT2D eigenvalue weighted by Crippen LogP contribution is -1.98. The minimum absolute atomic E-state index is 0.165. The first-order valence-electron chi connectivity index (χ1n) is 4.16. The van der Waals surface area contributed by atoms with Crippen LogP contribution in [0.5, 0.6) is 0 Å². The first kappa shape index (κ1) is 9.95. The standard InChI is InChI=1S/C10H8NO3S/c11-10-3-1-2-7-4-5-8(6-9(7)10)15(12,13)14/h1,3-6H,11H2,(H,12,13,14). The first-order valence-corrected chi connectivity index (χ1v) is 5.60. The van der Waals surface area contributed by atoms with E-state index >= 15 is 0 Å². The molecule has 5 heteroatoms. The van der Waals surface area contributed by atoms with Crippen LogP contribution in [0.3, 0.4) is 0 Å². The Labute approximate surface area is 87.1 Å². The molecule has 2 aromatic rings. The number of hydrogen-bond donors (Lipinski definition) is 2. The third-order valence-electron chi connectivity index (χ3n) is 2.10. The van der Waals surface area contributed by atoms with Gasteiger partial charge in [0.2, 0.25) is 0 Å². The molecule has 0 unspecified atom stereocenters. The Morgan fingerprint density at radius 1 is 1.27 bits per heavy atom. The molecule has 2 rings (SSSR count). The van der Waals surface area contributed by atoms with E-state index in [1.807, 2.05) is 0 Å². The normalized spacial score (nSPS) is 11.8. The smallest absolute Gasteiger partial charge is 0.294 e. The van der Waals surface area contributed by atoms with Crippen LogP contribution in [0.2, 0.25) is 0 Å². The Morgan fingerprint density at radius 3 is 2.67 bits per heavy atom. The summed E-state index contributed by atoms with van der Waals surface area (Å²) >= 11 is 0. The van der Waals surface area contributed by atoms with Gasteiger partial charge >= 0.3 is 0 Å². The molecule has 0 fully saturated rings. The lowest BCUT2D eigenvalue weighted by Gasteiger charge is -2.03. The molecule has 0 saturated carbocycles. The van der Waals surface area contributed by atoms with Crippen molar-refractivity contribution in [1.82, 2.24) is 0 Å². The highest BCUT2D eigenvalue weighted by Crippen LogP contribution is 2.23. The lowest BCUT2D eigenvalue weighted by molar-refractivity contribution is 0.483. The molecule has 2 aromatic carbocycles. The summed E-state index contributed by atoms with van der Waals surface area (Å²) in [6.45, 7) is 0. The highest BCUT2D eigenvalue weighted by molar-refractivity contribution is 7.85. The molecule has 0 aliphatic carbocycles. The molecule has 0 spiro atoms. The van der Waals surface area contributed by atoms with Crippen LogP contribution in [0.1, 0.15) is 0 Å². The maximum absolute atomic E-state index is 10.9. The molecular weight excluding hydrogens is 214 g/mol. The van der Waals surface area contributed by atoms with Crippen molar-refractivity contribution >= 4 is 26.6 Å². The minimum atomic E-state index is -4.18. The Balaban J connectivity index is 2.81. The number of rotatable bonds is 1. The van der Waals surface area contributed by atoms with Crippen molar-refractivity contribution in [3.63, 3.8) is 0 Å². The summed E-state index contributed by atoms with van der Waals surface area (Å²) < 4.78 is 30.6. The van der Waals surface area contributed by atoms with Gasteiger partial charge < -0.3 is 5.73 Å². The third kappa shape index (κ3) is 1.79. The highest BCUT2D eigenvalue weighted by atomic mass is 32.2. The summed E-state index contributed by atoms with van der Waals surface area (Å²) in [7, 11) is -4.18. The quantitative estimate of drug-likeness (QED) is 0.565. The molecule has 4 nitrogen and oxygen atoms in total. The molecule has 0 heterocycles. The predicted molar refractivity (Wildman–Crippen MR) is 57.0 cm³/mol. The van der Waals surface area contributed by atoms with Gasteiger partial charge in [-0.05, 0) is 29.7 Å². The number of anilines is 1. The highest BCUT2D eigenvalue weighted by Gasteiger charge is 2.10. The van der Waals surface area contributed by atoms with E-state index in [1.165, 1.54) is 12.1 Å². The van der Waals surface area contributed by atoms with Crippen molar-refractivity contribution in [3.05, 3.63) is 36.4 Å². The van der Waals surface area contributed by atoms with E-state index in [1.54, 1.807) is 18.2 Å². The summed E-state index contributed by atoms with van der Waals surface area (Å²) in [6, 6.07) is 10.4. The fourth-order valence-corrected chi connectivity index (χ4v) is 1.87. The molecule has 0 aromatic heterocycles. The molecule has 0 aliphatic heterocycles. The zero-order chi connectivity index (χ0) is 11.1. The van der Waals surface area contributed by atoms with Gasteiger partial charge in [0.25, 0.3) is 10.1 Å². The average Bonchev–Trinajstić information content (AvgIpc) is 2.16. The summed E-state index contributed by atoms with van der Waals surface area (Å²) in [4.78, 5) is -0.165. The topological polar surface area (TPSA) is 80.4 Å². The maximum atomic E-state index is 10.9. The van der Waals surface area contributed by atoms with Crippen molar-refractivity contribution in [2.24, 2.45) is 0 Å². The molecule has 0 amide bonds. The fourth-order valence-electron chi connectivity index (χ4n) is 1.36. The summed E-state index contributed by atoms with van der Waals surface area (Å²) in [6.07, 6.45) is 0. The van der Waals surface area contributed by atoms with Crippen molar-refractivity contribution in [2.45, 2.75) is 4.90 Å². The van der Waals surface area contributed by atoms with Crippen LogP contribution in [0, 0.1) is 6.07 Å². The molecule has 0 atom stereocenters. The van der Waals surface area contributed by atoms with E-state index in [-0.39, 0.29) is 4.90 Å². The average molecular weight is 222 g/mol. The van der Waals surface area contributed by atoms with E-state index in [4.69, 9.17) is 10.3 Å².